The Balaban J connectivity index is 1.75. The van der Waals surface area contributed by atoms with Crippen molar-refractivity contribution >= 4 is 11.7 Å². The van der Waals surface area contributed by atoms with Crippen LogP contribution < -0.4 is 10.6 Å². The van der Waals surface area contributed by atoms with E-state index in [1.807, 2.05) is 12.1 Å². The van der Waals surface area contributed by atoms with E-state index >= 15 is 0 Å². The van der Waals surface area contributed by atoms with Gasteiger partial charge in [0, 0.05) is 24.8 Å². The van der Waals surface area contributed by atoms with E-state index in [9.17, 15) is 4.79 Å². The predicted molar refractivity (Wildman–Crippen MR) is 73.5 cm³/mol. The second-order valence-electron chi connectivity index (χ2n) is 4.51. The van der Waals surface area contributed by atoms with Gasteiger partial charge in [-0.1, -0.05) is 0 Å². The maximum Gasteiger partial charge on any atom is 0.337 e. The fraction of sp³-hybridized carbons (Fsp3) is 0.500. The Labute approximate surface area is 113 Å². The van der Waals surface area contributed by atoms with Gasteiger partial charge in [0.05, 0.1) is 25.9 Å². The van der Waals surface area contributed by atoms with E-state index in [1.165, 1.54) is 7.11 Å². The average Bonchev–Trinajstić information content (AvgIpc) is 2.48. The van der Waals surface area contributed by atoms with Crippen LogP contribution in [0.4, 0.5) is 5.69 Å². The van der Waals surface area contributed by atoms with Crippen molar-refractivity contribution in [3.05, 3.63) is 29.8 Å². The van der Waals surface area contributed by atoms with Gasteiger partial charge >= 0.3 is 5.97 Å². The van der Waals surface area contributed by atoms with E-state index in [1.54, 1.807) is 12.1 Å². The fourth-order valence-corrected chi connectivity index (χ4v) is 2.04. The van der Waals surface area contributed by atoms with Crippen LogP contribution in [0.1, 0.15) is 16.8 Å². The molecular formula is C14H20N2O3. The Morgan fingerprint density at radius 3 is 2.89 bits per heavy atom. The summed E-state index contributed by atoms with van der Waals surface area (Å²) >= 11 is 0. The van der Waals surface area contributed by atoms with Crippen molar-refractivity contribution in [2.45, 2.75) is 12.5 Å². The van der Waals surface area contributed by atoms with Gasteiger partial charge in [-0.05, 0) is 30.7 Å². The molecule has 1 atom stereocenters. The number of nitrogens with one attached hydrogen (secondary N) is 2. The normalized spacial score (nSPS) is 18.9. The number of carbonyl (C=O) groups excluding carboxylic acids is 1. The summed E-state index contributed by atoms with van der Waals surface area (Å²) < 4.78 is 10.1. The zero-order valence-electron chi connectivity index (χ0n) is 11.1. The molecule has 2 rings (SSSR count). The molecule has 1 aromatic rings. The topological polar surface area (TPSA) is 59.6 Å². The SMILES string of the molecule is COC(=O)c1ccc(NCCC2COCCN2)cc1. The lowest BCUT2D eigenvalue weighted by Crippen LogP contribution is -2.42. The minimum Gasteiger partial charge on any atom is -0.465 e. The van der Waals surface area contributed by atoms with E-state index < -0.39 is 0 Å². The zero-order chi connectivity index (χ0) is 13.5. The number of hydrogen-bond donors (Lipinski definition) is 2. The van der Waals surface area contributed by atoms with Crippen molar-refractivity contribution in [1.82, 2.24) is 5.32 Å². The Morgan fingerprint density at radius 1 is 1.47 bits per heavy atom. The number of anilines is 1. The molecule has 19 heavy (non-hydrogen) atoms. The van der Waals surface area contributed by atoms with Crippen molar-refractivity contribution in [2.75, 3.05) is 38.7 Å². The van der Waals surface area contributed by atoms with Crippen LogP contribution in [0.2, 0.25) is 0 Å². The van der Waals surface area contributed by atoms with Gasteiger partial charge in [-0.2, -0.15) is 0 Å². The number of rotatable bonds is 5. The first-order chi connectivity index (χ1) is 9.29. The third kappa shape index (κ3) is 4.22. The summed E-state index contributed by atoms with van der Waals surface area (Å²) in [4.78, 5) is 11.3. The Kier molecular flexibility index (Phi) is 5.18. The number of ether oxygens (including phenoxy) is 2. The van der Waals surface area contributed by atoms with Crippen molar-refractivity contribution < 1.29 is 14.3 Å². The molecular weight excluding hydrogens is 244 g/mol. The van der Waals surface area contributed by atoms with Crippen molar-refractivity contribution in [3.63, 3.8) is 0 Å². The molecule has 1 heterocycles. The number of methoxy groups -OCH3 is 1. The van der Waals surface area contributed by atoms with Gasteiger partial charge in [0.25, 0.3) is 0 Å². The fourth-order valence-electron chi connectivity index (χ4n) is 2.04. The van der Waals surface area contributed by atoms with Gasteiger partial charge < -0.3 is 20.1 Å². The van der Waals surface area contributed by atoms with Crippen LogP contribution in [0.3, 0.4) is 0 Å². The quantitative estimate of drug-likeness (QED) is 0.784. The van der Waals surface area contributed by atoms with Crippen molar-refractivity contribution in [3.8, 4) is 0 Å². The molecule has 0 spiro atoms. The van der Waals surface area contributed by atoms with E-state index in [0.29, 0.717) is 11.6 Å². The summed E-state index contributed by atoms with van der Waals surface area (Å²) in [7, 11) is 1.38. The molecule has 1 aliphatic rings. The molecule has 0 bridgehead atoms. The number of benzene rings is 1. The summed E-state index contributed by atoms with van der Waals surface area (Å²) in [6, 6.07) is 7.72. The molecule has 0 saturated carbocycles. The first kappa shape index (κ1) is 13.8. The summed E-state index contributed by atoms with van der Waals surface area (Å²) in [5.74, 6) is -0.310. The number of hydrogen-bond acceptors (Lipinski definition) is 5. The van der Waals surface area contributed by atoms with E-state index in [0.717, 1.165) is 38.4 Å². The molecule has 1 aromatic carbocycles. The lowest BCUT2D eigenvalue weighted by atomic mass is 10.2. The molecule has 1 aliphatic heterocycles. The molecule has 5 nitrogen and oxygen atoms in total. The summed E-state index contributed by atoms with van der Waals surface area (Å²) in [5, 5.41) is 6.74. The molecule has 5 heteroatoms. The van der Waals surface area contributed by atoms with Crippen LogP contribution in [-0.4, -0.2) is 45.4 Å². The van der Waals surface area contributed by atoms with Crippen LogP contribution in [-0.2, 0) is 9.47 Å². The third-order valence-electron chi connectivity index (χ3n) is 3.13. The maximum atomic E-state index is 11.3. The van der Waals surface area contributed by atoms with Crippen molar-refractivity contribution in [2.24, 2.45) is 0 Å². The summed E-state index contributed by atoms with van der Waals surface area (Å²) in [5.41, 5.74) is 1.57. The van der Waals surface area contributed by atoms with Gasteiger partial charge in [-0.3, -0.25) is 0 Å². The van der Waals surface area contributed by atoms with Crippen molar-refractivity contribution in [1.29, 1.82) is 0 Å². The minimum absolute atomic E-state index is 0.310. The van der Waals surface area contributed by atoms with E-state index in [2.05, 4.69) is 15.4 Å². The second-order valence-corrected chi connectivity index (χ2v) is 4.51. The second kappa shape index (κ2) is 7.11. The first-order valence-electron chi connectivity index (χ1n) is 6.53. The molecule has 2 N–H and O–H groups in total. The monoisotopic (exact) mass is 264 g/mol. The highest BCUT2D eigenvalue weighted by atomic mass is 16.5. The summed E-state index contributed by atoms with van der Waals surface area (Å²) in [6.45, 7) is 3.39. The standard InChI is InChI=1S/C14H20N2O3/c1-18-14(17)11-2-4-12(5-3-11)15-7-6-13-10-19-9-8-16-13/h2-5,13,15-16H,6-10H2,1H3. The molecule has 104 valence electrons. The highest BCUT2D eigenvalue weighted by Crippen LogP contribution is 2.10. The number of morpholine rings is 1. The smallest absolute Gasteiger partial charge is 0.337 e. The highest BCUT2D eigenvalue weighted by molar-refractivity contribution is 5.89. The number of carbonyl (C=O) groups is 1. The Hall–Kier alpha value is -1.59. The van der Waals surface area contributed by atoms with Crippen LogP contribution in [0.25, 0.3) is 0 Å². The van der Waals surface area contributed by atoms with Gasteiger partial charge in [-0.15, -0.1) is 0 Å². The minimum atomic E-state index is -0.310. The predicted octanol–water partition coefficient (Wildman–Crippen LogP) is 1.26. The van der Waals surface area contributed by atoms with Gasteiger partial charge in [-0.25, -0.2) is 4.79 Å². The van der Waals surface area contributed by atoms with Crippen LogP contribution in [0, 0.1) is 0 Å². The Morgan fingerprint density at radius 2 is 2.26 bits per heavy atom. The zero-order valence-corrected chi connectivity index (χ0v) is 11.1. The molecule has 1 unspecified atom stereocenters. The van der Waals surface area contributed by atoms with Crippen LogP contribution >= 0.6 is 0 Å². The molecule has 0 aromatic heterocycles. The molecule has 0 radical (unpaired) electrons. The maximum absolute atomic E-state index is 11.3. The highest BCUT2D eigenvalue weighted by Gasteiger charge is 2.12. The molecule has 0 aliphatic carbocycles. The molecule has 1 saturated heterocycles. The average molecular weight is 264 g/mol. The lowest BCUT2D eigenvalue weighted by molar-refractivity contribution is 0.0601. The van der Waals surface area contributed by atoms with Gasteiger partial charge in [0.2, 0.25) is 0 Å². The molecule has 1 fully saturated rings. The third-order valence-corrected chi connectivity index (χ3v) is 3.13. The Bertz CT molecular complexity index is 400. The van der Waals surface area contributed by atoms with Gasteiger partial charge in [0.1, 0.15) is 0 Å². The van der Waals surface area contributed by atoms with E-state index in [-0.39, 0.29) is 5.97 Å². The lowest BCUT2D eigenvalue weighted by Gasteiger charge is -2.23. The van der Waals surface area contributed by atoms with Crippen LogP contribution in [0.5, 0.6) is 0 Å². The van der Waals surface area contributed by atoms with Crippen LogP contribution in [0.15, 0.2) is 24.3 Å². The van der Waals surface area contributed by atoms with Gasteiger partial charge in [0.15, 0.2) is 0 Å². The first-order valence-corrected chi connectivity index (χ1v) is 6.53. The summed E-state index contributed by atoms with van der Waals surface area (Å²) in [6.07, 6.45) is 1.01. The number of esters is 1. The molecule has 0 amide bonds. The largest absolute Gasteiger partial charge is 0.465 e. The van der Waals surface area contributed by atoms with E-state index in [4.69, 9.17) is 4.74 Å².